The van der Waals surface area contributed by atoms with Gasteiger partial charge in [0.15, 0.2) is 0 Å². The van der Waals surface area contributed by atoms with Crippen molar-refractivity contribution in [2.75, 3.05) is 7.05 Å². The molecule has 0 amide bonds. The van der Waals surface area contributed by atoms with Crippen LogP contribution in [0.2, 0.25) is 0 Å². The largest absolute Gasteiger partial charge is 0.445 e. The molecule has 0 fully saturated rings. The van der Waals surface area contributed by atoms with Gasteiger partial charge in [0.05, 0.1) is 17.6 Å². The Labute approximate surface area is 124 Å². The van der Waals surface area contributed by atoms with Crippen molar-refractivity contribution in [1.29, 1.82) is 0 Å². The minimum atomic E-state index is -3.58. The Bertz CT molecular complexity index is 723. The number of rotatable bonds is 6. The van der Waals surface area contributed by atoms with Crippen LogP contribution in [0.1, 0.15) is 22.8 Å². The monoisotopic (exact) mass is 309 g/mol. The van der Waals surface area contributed by atoms with E-state index in [1.165, 1.54) is 0 Å². The van der Waals surface area contributed by atoms with Gasteiger partial charge in [0.1, 0.15) is 5.76 Å². The molecule has 0 aliphatic heterocycles. The third-order valence-corrected chi connectivity index (χ3v) is 4.48. The fourth-order valence-corrected chi connectivity index (χ4v) is 2.94. The predicted molar refractivity (Wildman–Crippen MR) is 79.2 cm³/mol. The molecule has 0 saturated carbocycles. The number of sulfonamides is 1. The van der Waals surface area contributed by atoms with Gasteiger partial charge in [-0.2, -0.15) is 0 Å². The quantitative estimate of drug-likeness (QED) is 0.844. The van der Waals surface area contributed by atoms with Gasteiger partial charge in [-0.25, -0.2) is 18.1 Å². The van der Waals surface area contributed by atoms with Crippen LogP contribution in [0.3, 0.4) is 0 Å². The lowest BCUT2D eigenvalue weighted by atomic mass is 10.1. The smallest absolute Gasteiger partial charge is 0.241 e. The maximum Gasteiger partial charge on any atom is 0.241 e. The Morgan fingerprint density at radius 3 is 2.62 bits per heavy atom. The summed E-state index contributed by atoms with van der Waals surface area (Å²) in [7, 11) is -1.76. The zero-order chi connectivity index (χ0) is 15.5. The first-order valence-corrected chi connectivity index (χ1v) is 8.06. The third-order valence-electron chi connectivity index (χ3n) is 3.08. The lowest BCUT2D eigenvalue weighted by Gasteiger charge is -2.09. The van der Waals surface area contributed by atoms with Crippen molar-refractivity contribution >= 4 is 10.0 Å². The standard InChI is InChI=1S/C14H19N3O3S/c1-10-4-5-13(6-12(10)8-15-3)21(18,19)17-9-14-16-7-11(2)20-14/h4-7,15,17H,8-9H2,1-3H3. The van der Waals surface area contributed by atoms with Crippen molar-refractivity contribution in [3.63, 3.8) is 0 Å². The SMILES string of the molecule is CNCc1cc(S(=O)(=O)NCc2ncc(C)o2)ccc1C. The lowest BCUT2D eigenvalue weighted by molar-refractivity contribution is 0.463. The Morgan fingerprint density at radius 2 is 2.00 bits per heavy atom. The second-order valence-electron chi connectivity index (χ2n) is 4.81. The molecule has 0 aliphatic carbocycles. The summed E-state index contributed by atoms with van der Waals surface area (Å²) in [6, 6.07) is 5.07. The van der Waals surface area contributed by atoms with Crippen LogP contribution in [-0.2, 0) is 23.1 Å². The zero-order valence-corrected chi connectivity index (χ0v) is 13.1. The number of benzene rings is 1. The third kappa shape index (κ3) is 3.90. The second-order valence-corrected chi connectivity index (χ2v) is 6.57. The summed E-state index contributed by atoms with van der Waals surface area (Å²) < 4.78 is 32.3. The van der Waals surface area contributed by atoms with E-state index >= 15 is 0 Å². The van der Waals surface area contributed by atoms with E-state index in [0.29, 0.717) is 18.2 Å². The lowest BCUT2D eigenvalue weighted by Crippen LogP contribution is -2.23. The van der Waals surface area contributed by atoms with E-state index in [4.69, 9.17) is 4.42 Å². The first kappa shape index (κ1) is 15.7. The molecule has 1 aromatic heterocycles. The molecule has 0 spiro atoms. The van der Waals surface area contributed by atoms with Gasteiger partial charge in [0, 0.05) is 6.54 Å². The molecule has 6 nitrogen and oxygen atoms in total. The summed E-state index contributed by atoms with van der Waals surface area (Å²) in [5, 5.41) is 3.02. The van der Waals surface area contributed by atoms with Crippen LogP contribution in [0.15, 0.2) is 33.7 Å². The highest BCUT2D eigenvalue weighted by atomic mass is 32.2. The molecule has 1 heterocycles. The minimum absolute atomic E-state index is 0.0331. The van der Waals surface area contributed by atoms with Crippen molar-refractivity contribution in [2.24, 2.45) is 0 Å². The van der Waals surface area contributed by atoms with Crippen LogP contribution in [0.4, 0.5) is 0 Å². The number of nitrogens with zero attached hydrogens (tertiary/aromatic N) is 1. The topological polar surface area (TPSA) is 84.2 Å². The molecule has 0 saturated heterocycles. The van der Waals surface area contributed by atoms with Crippen LogP contribution in [0.5, 0.6) is 0 Å². The van der Waals surface area contributed by atoms with E-state index in [2.05, 4.69) is 15.0 Å². The Balaban J connectivity index is 2.17. The van der Waals surface area contributed by atoms with Crippen LogP contribution >= 0.6 is 0 Å². The van der Waals surface area contributed by atoms with Gasteiger partial charge in [0.25, 0.3) is 0 Å². The molecule has 1 aromatic carbocycles. The molecule has 0 atom stereocenters. The van der Waals surface area contributed by atoms with Gasteiger partial charge in [-0.05, 0) is 44.2 Å². The van der Waals surface area contributed by atoms with Crippen LogP contribution in [-0.4, -0.2) is 20.4 Å². The van der Waals surface area contributed by atoms with E-state index in [0.717, 1.165) is 11.1 Å². The van der Waals surface area contributed by atoms with E-state index < -0.39 is 10.0 Å². The summed E-state index contributed by atoms with van der Waals surface area (Å²) >= 11 is 0. The summed E-state index contributed by atoms with van der Waals surface area (Å²) in [6.45, 7) is 4.36. The number of hydrogen-bond acceptors (Lipinski definition) is 5. The minimum Gasteiger partial charge on any atom is -0.445 e. The molecular formula is C14H19N3O3S. The van der Waals surface area contributed by atoms with E-state index in [1.807, 2.05) is 14.0 Å². The van der Waals surface area contributed by atoms with Gasteiger partial charge in [-0.1, -0.05) is 6.07 Å². The summed E-state index contributed by atoms with van der Waals surface area (Å²) in [5.41, 5.74) is 2.00. The Hall–Kier alpha value is -1.70. The molecule has 2 N–H and O–H groups in total. The van der Waals surface area contributed by atoms with Gasteiger partial charge < -0.3 is 9.73 Å². The predicted octanol–water partition coefficient (Wildman–Crippen LogP) is 1.49. The van der Waals surface area contributed by atoms with E-state index in [-0.39, 0.29) is 11.4 Å². The van der Waals surface area contributed by atoms with E-state index in [9.17, 15) is 8.42 Å². The molecule has 0 aliphatic rings. The number of hydrogen-bond donors (Lipinski definition) is 2. The Kier molecular flexibility index (Phi) is 4.76. The number of aryl methyl sites for hydroxylation is 2. The van der Waals surface area contributed by atoms with Crippen LogP contribution in [0, 0.1) is 13.8 Å². The van der Waals surface area contributed by atoms with Crippen LogP contribution < -0.4 is 10.0 Å². The molecule has 0 radical (unpaired) electrons. The normalized spacial score (nSPS) is 11.8. The van der Waals surface area contributed by atoms with Gasteiger partial charge in [-0.15, -0.1) is 0 Å². The van der Waals surface area contributed by atoms with Crippen molar-refractivity contribution in [3.8, 4) is 0 Å². The zero-order valence-electron chi connectivity index (χ0n) is 12.3. The first-order chi connectivity index (χ1) is 9.92. The fourth-order valence-electron chi connectivity index (χ4n) is 1.92. The first-order valence-electron chi connectivity index (χ1n) is 6.57. The summed E-state index contributed by atoms with van der Waals surface area (Å²) in [6.07, 6.45) is 1.56. The molecule has 0 bridgehead atoms. The summed E-state index contributed by atoms with van der Waals surface area (Å²) in [5.74, 6) is 0.995. The van der Waals surface area contributed by atoms with Crippen LogP contribution in [0.25, 0.3) is 0 Å². The molecule has 114 valence electrons. The van der Waals surface area contributed by atoms with Crippen molar-refractivity contribution < 1.29 is 12.8 Å². The fraction of sp³-hybridized carbons (Fsp3) is 0.357. The molecule has 2 aromatic rings. The highest BCUT2D eigenvalue weighted by Gasteiger charge is 2.16. The Morgan fingerprint density at radius 1 is 1.24 bits per heavy atom. The number of nitrogens with one attached hydrogen (secondary N) is 2. The highest BCUT2D eigenvalue weighted by molar-refractivity contribution is 7.89. The van der Waals surface area contributed by atoms with E-state index in [1.54, 1.807) is 31.3 Å². The second kappa shape index (κ2) is 6.38. The van der Waals surface area contributed by atoms with Gasteiger partial charge >= 0.3 is 0 Å². The van der Waals surface area contributed by atoms with Gasteiger partial charge in [-0.3, -0.25) is 0 Å². The number of aromatic nitrogens is 1. The molecule has 0 unspecified atom stereocenters. The van der Waals surface area contributed by atoms with Crippen molar-refractivity contribution in [2.45, 2.75) is 31.8 Å². The summed E-state index contributed by atoms with van der Waals surface area (Å²) in [4.78, 5) is 4.21. The maximum absolute atomic E-state index is 12.3. The molecule has 7 heteroatoms. The highest BCUT2D eigenvalue weighted by Crippen LogP contribution is 2.16. The average molecular weight is 309 g/mol. The molecular weight excluding hydrogens is 290 g/mol. The maximum atomic E-state index is 12.3. The van der Waals surface area contributed by atoms with Crippen molar-refractivity contribution in [3.05, 3.63) is 47.2 Å². The van der Waals surface area contributed by atoms with Gasteiger partial charge in [0.2, 0.25) is 15.9 Å². The molecule has 21 heavy (non-hydrogen) atoms. The van der Waals surface area contributed by atoms with Crippen molar-refractivity contribution in [1.82, 2.24) is 15.0 Å². The molecule has 2 rings (SSSR count). The number of oxazole rings is 1. The average Bonchev–Trinajstić information content (AvgIpc) is 2.85.